The first-order chi connectivity index (χ1) is 5.27. The summed E-state index contributed by atoms with van der Waals surface area (Å²) < 4.78 is 14.2. The third-order valence-electron chi connectivity index (χ3n) is 1.52. The molecule has 0 aliphatic carbocycles. The van der Waals surface area contributed by atoms with Gasteiger partial charge < -0.3 is 5.73 Å². The number of anilines is 1. The van der Waals surface area contributed by atoms with Crippen LogP contribution in [0.5, 0.6) is 0 Å². The number of fused-ring (bicyclic) bond motifs is 1. The SMILES string of the molecule is Nc1cc2ccnn2cc1F. The molecule has 4 heteroatoms. The molecule has 0 spiro atoms. The molecule has 3 nitrogen and oxygen atoms in total. The quantitative estimate of drug-likeness (QED) is 0.611. The van der Waals surface area contributed by atoms with Crippen molar-refractivity contribution >= 4 is 11.2 Å². The summed E-state index contributed by atoms with van der Waals surface area (Å²) in [5, 5.41) is 3.84. The van der Waals surface area contributed by atoms with E-state index in [0.29, 0.717) is 0 Å². The van der Waals surface area contributed by atoms with Crippen molar-refractivity contribution in [2.45, 2.75) is 0 Å². The number of hydrogen-bond acceptors (Lipinski definition) is 2. The van der Waals surface area contributed by atoms with Crippen molar-refractivity contribution in [2.24, 2.45) is 0 Å². The van der Waals surface area contributed by atoms with Gasteiger partial charge in [0.2, 0.25) is 0 Å². The first kappa shape index (κ1) is 6.15. The van der Waals surface area contributed by atoms with E-state index in [2.05, 4.69) is 5.10 Å². The Balaban J connectivity index is 2.86. The first-order valence-corrected chi connectivity index (χ1v) is 3.16. The Morgan fingerprint density at radius 1 is 1.55 bits per heavy atom. The molecule has 0 fully saturated rings. The highest BCUT2D eigenvalue weighted by Gasteiger charge is 1.99. The molecule has 0 aromatic carbocycles. The summed E-state index contributed by atoms with van der Waals surface area (Å²) in [7, 11) is 0. The van der Waals surface area contributed by atoms with Gasteiger partial charge in [0.1, 0.15) is 0 Å². The largest absolute Gasteiger partial charge is 0.396 e. The van der Waals surface area contributed by atoms with E-state index < -0.39 is 5.82 Å². The van der Waals surface area contributed by atoms with Crippen LogP contribution < -0.4 is 5.73 Å². The van der Waals surface area contributed by atoms with Crippen LogP contribution in [-0.4, -0.2) is 9.61 Å². The van der Waals surface area contributed by atoms with E-state index in [9.17, 15) is 4.39 Å². The van der Waals surface area contributed by atoms with Gasteiger partial charge in [0, 0.05) is 6.20 Å². The van der Waals surface area contributed by atoms with Gasteiger partial charge in [-0.1, -0.05) is 0 Å². The number of nitrogens with zero attached hydrogens (tertiary/aromatic N) is 2. The lowest BCUT2D eigenvalue weighted by Crippen LogP contribution is -1.94. The zero-order chi connectivity index (χ0) is 7.84. The van der Waals surface area contributed by atoms with Crippen LogP contribution in [-0.2, 0) is 0 Å². The number of nitrogens with two attached hydrogens (primary N) is 1. The van der Waals surface area contributed by atoms with Gasteiger partial charge in [0.15, 0.2) is 5.82 Å². The zero-order valence-electron chi connectivity index (χ0n) is 5.66. The third-order valence-corrected chi connectivity index (χ3v) is 1.52. The number of rotatable bonds is 0. The van der Waals surface area contributed by atoms with Crippen LogP contribution in [0, 0.1) is 5.82 Å². The molecule has 2 aromatic rings. The molecule has 0 saturated carbocycles. The Bertz CT molecular complexity index is 357. The molecule has 0 radical (unpaired) electrons. The number of halogens is 1. The third kappa shape index (κ3) is 0.832. The molecule has 2 N–H and O–H groups in total. The fourth-order valence-corrected chi connectivity index (χ4v) is 0.957. The van der Waals surface area contributed by atoms with Gasteiger partial charge in [-0.25, -0.2) is 8.91 Å². The average molecular weight is 151 g/mol. The standard InChI is InChI=1S/C7H6FN3/c8-6-4-11-5(1-2-10-11)3-7(6)9/h1-4H,9H2. The summed E-state index contributed by atoms with van der Waals surface area (Å²) in [5.41, 5.74) is 6.28. The lowest BCUT2D eigenvalue weighted by atomic mass is 10.3. The molecule has 2 aromatic heterocycles. The highest BCUT2D eigenvalue weighted by atomic mass is 19.1. The van der Waals surface area contributed by atoms with Crippen LogP contribution in [0.1, 0.15) is 0 Å². The molecular formula is C7H6FN3. The molecule has 0 aliphatic heterocycles. The Kier molecular flexibility index (Phi) is 1.09. The summed E-state index contributed by atoms with van der Waals surface area (Å²) in [4.78, 5) is 0. The minimum absolute atomic E-state index is 0.151. The van der Waals surface area contributed by atoms with E-state index in [4.69, 9.17) is 5.73 Å². The number of aromatic nitrogens is 2. The summed E-state index contributed by atoms with van der Waals surface area (Å²) >= 11 is 0. The molecule has 0 aliphatic rings. The van der Waals surface area contributed by atoms with E-state index in [0.717, 1.165) is 5.52 Å². The van der Waals surface area contributed by atoms with Crippen LogP contribution >= 0.6 is 0 Å². The molecule has 56 valence electrons. The van der Waals surface area contributed by atoms with E-state index >= 15 is 0 Å². The number of pyridine rings is 1. The molecule has 11 heavy (non-hydrogen) atoms. The van der Waals surface area contributed by atoms with Gasteiger partial charge in [0.05, 0.1) is 17.4 Å². The number of nitrogen functional groups attached to an aromatic ring is 1. The number of hydrogen-bond donors (Lipinski definition) is 1. The maximum Gasteiger partial charge on any atom is 0.164 e. The van der Waals surface area contributed by atoms with Crippen LogP contribution in [0.25, 0.3) is 5.52 Å². The smallest absolute Gasteiger partial charge is 0.164 e. The Labute approximate surface area is 62.2 Å². The minimum atomic E-state index is -0.443. The van der Waals surface area contributed by atoms with E-state index in [-0.39, 0.29) is 5.69 Å². The van der Waals surface area contributed by atoms with Crippen molar-refractivity contribution in [3.63, 3.8) is 0 Å². The molecule has 0 saturated heterocycles. The first-order valence-electron chi connectivity index (χ1n) is 3.16. The molecule has 2 rings (SSSR count). The zero-order valence-corrected chi connectivity index (χ0v) is 5.66. The van der Waals surface area contributed by atoms with Gasteiger partial charge in [-0.3, -0.25) is 0 Å². The highest BCUT2D eigenvalue weighted by molar-refractivity contribution is 5.55. The fraction of sp³-hybridized carbons (Fsp3) is 0. The Morgan fingerprint density at radius 2 is 2.36 bits per heavy atom. The fourth-order valence-electron chi connectivity index (χ4n) is 0.957. The second-order valence-electron chi connectivity index (χ2n) is 2.28. The normalized spacial score (nSPS) is 10.6. The maximum absolute atomic E-state index is 12.7. The Hall–Kier alpha value is -1.58. The summed E-state index contributed by atoms with van der Waals surface area (Å²) in [6.45, 7) is 0. The average Bonchev–Trinajstić information content (AvgIpc) is 2.36. The lowest BCUT2D eigenvalue weighted by molar-refractivity contribution is 0.619. The lowest BCUT2D eigenvalue weighted by Gasteiger charge is -1.96. The summed E-state index contributed by atoms with van der Waals surface area (Å²) in [6, 6.07) is 3.30. The molecule has 2 heterocycles. The topological polar surface area (TPSA) is 43.3 Å². The van der Waals surface area contributed by atoms with Gasteiger partial charge in [-0.2, -0.15) is 5.10 Å². The van der Waals surface area contributed by atoms with Gasteiger partial charge in [-0.15, -0.1) is 0 Å². The van der Waals surface area contributed by atoms with Crippen molar-refractivity contribution in [1.29, 1.82) is 0 Å². The van der Waals surface area contributed by atoms with Crippen molar-refractivity contribution in [3.05, 3.63) is 30.3 Å². The van der Waals surface area contributed by atoms with Gasteiger partial charge >= 0.3 is 0 Å². The predicted octanol–water partition coefficient (Wildman–Crippen LogP) is 1.06. The van der Waals surface area contributed by atoms with Crippen LogP contribution in [0.3, 0.4) is 0 Å². The van der Waals surface area contributed by atoms with E-state index in [1.54, 1.807) is 18.3 Å². The van der Waals surface area contributed by atoms with Gasteiger partial charge in [-0.05, 0) is 12.1 Å². The minimum Gasteiger partial charge on any atom is -0.396 e. The van der Waals surface area contributed by atoms with Crippen molar-refractivity contribution in [1.82, 2.24) is 9.61 Å². The molecule has 0 unspecified atom stereocenters. The van der Waals surface area contributed by atoms with E-state index in [1.807, 2.05) is 0 Å². The van der Waals surface area contributed by atoms with Crippen LogP contribution in [0.15, 0.2) is 24.5 Å². The van der Waals surface area contributed by atoms with Crippen LogP contribution in [0.2, 0.25) is 0 Å². The molecule has 0 atom stereocenters. The second-order valence-corrected chi connectivity index (χ2v) is 2.28. The molecule has 0 amide bonds. The van der Waals surface area contributed by atoms with Gasteiger partial charge in [0.25, 0.3) is 0 Å². The second kappa shape index (κ2) is 1.95. The highest BCUT2D eigenvalue weighted by Crippen LogP contribution is 2.12. The van der Waals surface area contributed by atoms with Crippen molar-refractivity contribution in [2.75, 3.05) is 5.73 Å². The Morgan fingerprint density at radius 3 is 3.18 bits per heavy atom. The summed E-state index contributed by atoms with van der Waals surface area (Å²) in [5.74, 6) is -0.443. The molecule has 0 bridgehead atoms. The summed E-state index contributed by atoms with van der Waals surface area (Å²) in [6.07, 6.45) is 2.85. The van der Waals surface area contributed by atoms with Crippen molar-refractivity contribution < 1.29 is 4.39 Å². The van der Waals surface area contributed by atoms with Crippen LogP contribution in [0.4, 0.5) is 10.1 Å². The predicted molar refractivity (Wildman–Crippen MR) is 39.6 cm³/mol. The maximum atomic E-state index is 12.7. The van der Waals surface area contributed by atoms with E-state index in [1.165, 1.54) is 10.7 Å². The molecular weight excluding hydrogens is 145 g/mol. The monoisotopic (exact) mass is 151 g/mol. The van der Waals surface area contributed by atoms with Crippen molar-refractivity contribution in [3.8, 4) is 0 Å².